The van der Waals surface area contributed by atoms with Crippen molar-refractivity contribution in [2.24, 2.45) is 0 Å². The molecule has 0 aromatic heterocycles. The highest BCUT2D eigenvalue weighted by Gasteiger charge is 2.38. The predicted molar refractivity (Wildman–Crippen MR) is 73.6 cm³/mol. The van der Waals surface area contributed by atoms with Gasteiger partial charge in [-0.1, -0.05) is 12.2 Å². The number of nitrogens with zero attached hydrogens (tertiary/aromatic N) is 1. The molecule has 0 aromatic rings. The van der Waals surface area contributed by atoms with Crippen molar-refractivity contribution in [1.29, 1.82) is 0 Å². The summed E-state index contributed by atoms with van der Waals surface area (Å²) in [6, 6.07) is 0. The van der Waals surface area contributed by atoms with Gasteiger partial charge in [0.25, 0.3) is 0 Å². The number of hydrogen-bond donors (Lipinski definition) is 1. The third-order valence-corrected chi connectivity index (χ3v) is 4.99. The third-order valence-electron chi connectivity index (χ3n) is 2.77. The Morgan fingerprint density at radius 3 is 2.56 bits per heavy atom. The monoisotopic (exact) mass is 269 g/mol. The Morgan fingerprint density at radius 2 is 2.00 bits per heavy atom. The summed E-state index contributed by atoms with van der Waals surface area (Å²) in [6.45, 7) is 5.88. The minimum absolute atomic E-state index is 0.120. The number of allylic oxidation sites excluding steroid dienone is 2. The Balaban J connectivity index is 1.99. The molecule has 4 nitrogen and oxygen atoms in total. The number of carbonyl (C=O) groups excluding carboxylic acids is 2. The van der Waals surface area contributed by atoms with Crippen LogP contribution >= 0.6 is 10.9 Å². The van der Waals surface area contributed by atoms with E-state index in [1.54, 1.807) is 20.8 Å². The Bertz CT molecular complexity index is 410. The lowest BCUT2D eigenvalue weighted by Gasteiger charge is -2.24. The molecule has 2 rings (SSSR count). The van der Waals surface area contributed by atoms with E-state index in [9.17, 15) is 9.59 Å². The van der Waals surface area contributed by atoms with Gasteiger partial charge in [-0.05, 0) is 31.6 Å². The first-order chi connectivity index (χ1) is 8.37. The fourth-order valence-corrected chi connectivity index (χ4v) is 3.87. The number of ether oxygens (including phenoxy) is 1. The van der Waals surface area contributed by atoms with Crippen LogP contribution in [0.5, 0.6) is 0 Å². The number of hydrogen-bond acceptors (Lipinski definition) is 3. The van der Waals surface area contributed by atoms with Crippen LogP contribution < -0.4 is 0 Å². The summed E-state index contributed by atoms with van der Waals surface area (Å²) in [7, 11) is -0.389. The number of carbonyl (C=O) groups is 2. The first kappa shape index (κ1) is 13.2. The van der Waals surface area contributed by atoms with Gasteiger partial charge in [0.05, 0.1) is 0 Å². The molecule has 18 heavy (non-hydrogen) atoms. The zero-order valence-electron chi connectivity index (χ0n) is 10.9. The number of imide groups is 1. The highest BCUT2D eigenvalue weighted by molar-refractivity contribution is 8.22. The van der Waals surface area contributed by atoms with Crippen LogP contribution in [0.15, 0.2) is 23.0 Å². The molecule has 1 unspecified atom stereocenters. The van der Waals surface area contributed by atoms with E-state index >= 15 is 0 Å². The van der Waals surface area contributed by atoms with Crippen molar-refractivity contribution in [3.05, 3.63) is 23.0 Å². The van der Waals surface area contributed by atoms with E-state index in [1.807, 2.05) is 12.2 Å². The van der Waals surface area contributed by atoms with Gasteiger partial charge >= 0.3 is 6.09 Å². The number of thiol groups is 1. The van der Waals surface area contributed by atoms with Crippen molar-refractivity contribution in [2.75, 3.05) is 6.54 Å². The maximum atomic E-state index is 11.9. The second kappa shape index (κ2) is 4.80. The van der Waals surface area contributed by atoms with E-state index in [4.69, 9.17) is 4.74 Å². The summed E-state index contributed by atoms with van der Waals surface area (Å²) in [4.78, 5) is 25.0. The summed E-state index contributed by atoms with van der Waals surface area (Å²) >= 11 is 0. The molecule has 100 valence electrons. The average Bonchev–Trinajstić information content (AvgIpc) is 2.82. The Kier molecular flexibility index (Phi) is 3.52. The van der Waals surface area contributed by atoms with Crippen LogP contribution in [0.1, 0.15) is 27.2 Å². The van der Waals surface area contributed by atoms with Crippen molar-refractivity contribution >= 4 is 22.9 Å². The van der Waals surface area contributed by atoms with Gasteiger partial charge in [0, 0.05) is 18.2 Å². The summed E-state index contributed by atoms with van der Waals surface area (Å²) in [5.74, 6) is -0.120. The van der Waals surface area contributed by atoms with Gasteiger partial charge in [-0.3, -0.25) is 4.79 Å². The lowest BCUT2D eigenvalue weighted by Crippen LogP contribution is -2.38. The fraction of sp³-hybridized carbons (Fsp3) is 0.538. The molecule has 0 aromatic carbocycles. The molecule has 2 aliphatic rings. The van der Waals surface area contributed by atoms with Gasteiger partial charge < -0.3 is 4.74 Å². The van der Waals surface area contributed by atoms with Gasteiger partial charge in [-0.2, -0.15) is 0 Å². The molecule has 0 N–H and O–H groups in total. The van der Waals surface area contributed by atoms with E-state index in [0.717, 1.165) is 0 Å². The summed E-state index contributed by atoms with van der Waals surface area (Å²) < 4.78 is 5.24. The molecule has 2 aliphatic heterocycles. The third kappa shape index (κ3) is 2.96. The average molecular weight is 269 g/mol. The molecule has 1 fully saturated rings. The van der Waals surface area contributed by atoms with Crippen molar-refractivity contribution in [3.8, 4) is 0 Å². The Labute approximate surface area is 110 Å². The molecule has 0 saturated carbocycles. The van der Waals surface area contributed by atoms with Gasteiger partial charge in [-0.15, -0.1) is 0 Å². The van der Waals surface area contributed by atoms with E-state index < -0.39 is 11.7 Å². The number of rotatable bonds is 1. The lowest BCUT2D eigenvalue weighted by molar-refractivity contribution is -0.126. The van der Waals surface area contributed by atoms with Crippen molar-refractivity contribution < 1.29 is 14.3 Å². The van der Waals surface area contributed by atoms with Gasteiger partial charge in [0.1, 0.15) is 5.60 Å². The number of amides is 2. The maximum Gasteiger partial charge on any atom is 0.417 e. The van der Waals surface area contributed by atoms with E-state index in [-0.39, 0.29) is 22.1 Å². The maximum absolute atomic E-state index is 11.9. The van der Waals surface area contributed by atoms with Crippen LogP contribution in [0.2, 0.25) is 0 Å². The van der Waals surface area contributed by atoms with E-state index in [0.29, 0.717) is 13.0 Å². The smallest absolute Gasteiger partial charge is 0.417 e. The summed E-state index contributed by atoms with van der Waals surface area (Å²) in [5, 5.41) is 4.51. The zero-order chi connectivity index (χ0) is 13.3. The van der Waals surface area contributed by atoms with E-state index in [1.165, 1.54) is 4.90 Å². The minimum atomic E-state index is -0.562. The molecule has 0 spiro atoms. The van der Waals surface area contributed by atoms with Crippen LogP contribution in [0.4, 0.5) is 4.79 Å². The molecule has 1 saturated heterocycles. The van der Waals surface area contributed by atoms with Crippen molar-refractivity contribution in [2.45, 2.75) is 38.0 Å². The highest BCUT2D eigenvalue weighted by atomic mass is 32.2. The summed E-state index contributed by atoms with van der Waals surface area (Å²) in [6.07, 6.45) is 3.94. The second-order valence-corrected chi connectivity index (χ2v) is 7.69. The summed E-state index contributed by atoms with van der Waals surface area (Å²) in [5.41, 5.74) is -0.562. The first-order valence-corrected chi connectivity index (χ1v) is 7.57. The zero-order valence-corrected chi connectivity index (χ0v) is 11.8. The largest absolute Gasteiger partial charge is 0.443 e. The molecule has 1 atom stereocenters. The SMILES string of the molecule is CC(C)(C)OC(=O)N1CC([SH]2C=CC=C2)CC1=O. The van der Waals surface area contributed by atoms with E-state index in [2.05, 4.69) is 10.8 Å². The molecule has 0 aliphatic carbocycles. The number of likely N-dealkylation sites (tertiary alicyclic amines) is 1. The normalized spacial score (nSPS) is 25.1. The van der Waals surface area contributed by atoms with Gasteiger partial charge in [-0.25, -0.2) is 20.6 Å². The predicted octanol–water partition coefficient (Wildman–Crippen LogP) is 2.56. The molecule has 0 radical (unpaired) electrons. The van der Waals surface area contributed by atoms with Crippen LogP contribution in [-0.4, -0.2) is 34.3 Å². The fourth-order valence-electron chi connectivity index (χ4n) is 1.97. The first-order valence-electron chi connectivity index (χ1n) is 6.02. The standard InChI is InChI=1S/C13H19NO3S/c1-13(2,3)17-12(16)14-9-10(8-11(14)15)18-6-4-5-7-18/h4-7,10,18H,8-9H2,1-3H3. The van der Waals surface area contributed by atoms with Crippen LogP contribution in [-0.2, 0) is 9.53 Å². The second-order valence-electron chi connectivity index (χ2n) is 5.47. The molecular formula is C13H19NO3S. The highest BCUT2D eigenvalue weighted by Crippen LogP contribution is 2.42. The van der Waals surface area contributed by atoms with Crippen LogP contribution in [0, 0.1) is 0 Å². The van der Waals surface area contributed by atoms with Gasteiger partial charge in [0.15, 0.2) is 0 Å². The minimum Gasteiger partial charge on any atom is -0.443 e. The molecule has 2 heterocycles. The Hall–Kier alpha value is -1.23. The Morgan fingerprint density at radius 1 is 1.39 bits per heavy atom. The van der Waals surface area contributed by atoms with Crippen LogP contribution in [0.3, 0.4) is 0 Å². The molecule has 2 amide bonds. The van der Waals surface area contributed by atoms with Crippen molar-refractivity contribution in [3.63, 3.8) is 0 Å². The molecule has 0 bridgehead atoms. The molecular weight excluding hydrogens is 250 g/mol. The van der Waals surface area contributed by atoms with Gasteiger partial charge in [0.2, 0.25) is 5.91 Å². The topological polar surface area (TPSA) is 46.6 Å². The van der Waals surface area contributed by atoms with Crippen molar-refractivity contribution in [1.82, 2.24) is 4.90 Å². The van der Waals surface area contributed by atoms with Crippen LogP contribution in [0.25, 0.3) is 0 Å². The molecule has 5 heteroatoms. The quantitative estimate of drug-likeness (QED) is 0.744. The lowest BCUT2D eigenvalue weighted by atomic mass is 10.2.